The van der Waals surface area contributed by atoms with Gasteiger partial charge in [-0.1, -0.05) is 24.3 Å². The van der Waals surface area contributed by atoms with E-state index < -0.39 is 0 Å². The van der Waals surface area contributed by atoms with Crippen LogP contribution in [-0.4, -0.2) is 23.5 Å². The molecule has 5 nitrogen and oxygen atoms in total. The molecule has 1 aromatic carbocycles. The molecule has 0 spiro atoms. The van der Waals surface area contributed by atoms with Gasteiger partial charge in [-0.25, -0.2) is 4.79 Å². The van der Waals surface area contributed by atoms with Crippen molar-refractivity contribution in [2.45, 2.75) is 82.3 Å². The van der Waals surface area contributed by atoms with Crippen molar-refractivity contribution >= 4 is 11.9 Å². The molecule has 0 aromatic heterocycles. The van der Waals surface area contributed by atoms with Gasteiger partial charge in [0.25, 0.3) is 5.91 Å². The van der Waals surface area contributed by atoms with Gasteiger partial charge in [0.05, 0.1) is 0 Å². The molecule has 0 unspecified atom stereocenters. The Morgan fingerprint density at radius 3 is 2.41 bits per heavy atom. The molecule has 4 N–H and O–H groups in total. The zero-order chi connectivity index (χ0) is 20.0. The molecule has 0 saturated heterocycles. The maximum atomic E-state index is 12.7. The largest absolute Gasteiger partial charge is 0.332 e. The summed E-state index contributed by atoms with van der Waals surface area (Å²) in [5.41, 5.74) is 2.68. The number of nitrogens with one attached hydrogen (secondary N) is 2. The highest BCUT2D eigenvalue weighted by atomic mass is 16.2. The lowest BCUT2D eigenvalue weighted by Gasteiger charge is -2.56. The molecule has 0 aliphatic heterocycles. The molecule has 0 radical (unpaired) electrons. The van der Waals surface area contributed by atoms with Gasteiger partial charge in [0.15, 0.2) is 6.04 Å². The van der Waals surface area contributed by atoms with E-state index in [2.05, 4.69) is 40.2 Å². The third kappa shape index (κ3) is 3.81. The highest BCUT2D eigenvalue weighted by Crippen LogP contribution is 2.55. The average Bonchev–Trinajstić information content (AvgIpc) is 2.66. The number of imide groups is 1. The number of amides is 3. The molecule has 3 amide bonds. The van der Waals surface area contributed by atoms with Crippen molar-refractivity contribution < 1.29 is 14.9 Å². The lowest BCUT2D eigenvalue weighted by molar-refractivity contribution is -0.714. The van der Waals surface area contributed by atoms with Crippen molar-refractivity contribution in [3.8, 4) is 0 Å². The summed E-state index contributed by atoms with van der Waals surface area (Å²) < 4.78 is 0. The Hall–Kier alpha value is -1.88. The molecular formula is C24H34N3O2+. The Kier molecular flexibility index (Phi) is 4.89. The van der Waals surface area contributed by atoms with Crippen LogP contribution >= 0.6 is 0 Å². The molecule has 5 heteroatoms. The molecule has 5 aliphatic carbocycles. The second kappa shape index (κ2) is 7.42. The number of aryl methyl sites for hydroxylation is 1. The van der Waals surface area contributed by atoms with Crippen molar-refractivity contribution in [3.05, 3.63) is 35.4 Å². The second-order valence-corrected chi connectivity index (χ2v) is 10.3. The molecule has 6 rings (SSSR count). The number of carbonyl (C=O) groups excluding carboxylic acids is 2. The summed E-state index contributed by atoms with van der Waals surface area (Å²) >= 11 is 0. The van der Waals surface area contributed by atoms with Gasteiger partial charge in [0.1, 0.15) is 6.04 Å². The smallest absolute Gasteiger partial charge is 0.322 e. The predicted molar refractivity (Wildman–Crippen MR) is 111 cm³/mol. The van der Waals surface area contributed by atoms with Crippen molar-refractivity contribution in [3.63, 3.8) is 0 Å². The molecule has 4 bridgehead atoms. The van der Waals surface area contributed by atoms with Crippen molar-refractivity contribution in [2.75, 3.05) is 0 Å². The minimum Gasteiger partial charge on any atom is -0.332 e. The highest BCUT2D eigenvalue weighted by Gasteiger charge is 2.51. The van der Waals surface area contributed by atoms with Gasteiger partial charge in [-0.05, 0) is 81.6 Å². The molecule has 5 aliphatic rings. The maximum Gasteiger partial charge on any atom is 0.322 e. The summed E-state index contributed by atoms with van der Waals surface area (Å²) in [6, 6.07) is 8.27. The Bertz CT molecular complexity index is 770. The van der Waals surface area contributed by atoms with E-state index >= 15 is 0 Å². The number of benzene rings is 1. The molecule has 2 atom stereocenters. The first-order chi connectivity index (χ1) is 14.0. The van der Waals surface area contributed by atoms with Gasteiger partial charge in [0, 0.05) is 17.5 Å². The number of hydrogen-bond donors (Lipinski definition) is 3. The molecule has 29 heavy (non-hydrogen) atoms. The lowest BCUT2D eigenvalue weighted by atomic mass is 9.53. The summed E-state index contributed by atoms with van der Waals surface area (Å²) in [5.74, 6) is 2.14. The van der Waals surface area contributed by atoms with Crippen LogP contribution in [0.25, 0.3) is 0 Å². The van der Waals surface area contributed by atoms with Crippen LogP contribution in [0.2, 0.25) is 0 Å². The Labute approximate surface area is 173 Å². The van der Waals surface area contributed by atoms with E-state index in [0.29, 0.717) is 6.04 Å². The standard InChI is InChI=1S/C24H33N3O2/c1-15(25-21-8-4-6-19-5-2-3-7-20(19)21)22(28)26-23(29)27-24-12-16-9-17(13-24)11-18(10-16)14-24/h2-3,5,7,15-18,21,25H,4,6,8-14H2,1H3,(H2,26,27,28,29)/p+1/t15-,16?,17?,18?,21+,24?/m0/s1. The summed E-state index contributed by atoms with van der Waals surface area (Å²) in [6.07, 6.45) is 10.7. The number of carbonyl (C=O) groups is 2. The van der Waals surface area contributed by atoms with E-state index in [1.807, 2.05) is 6.92 Å². The first-order valence-corrected chi connectivity index (χ1v) is 11.6. The third-order valence-corrected chi connectivity index (χ3v) is 8.00. The predicted octanol–water partition coefficient (Wildman–Crippen LogP) is 2.81. The number of rotatable bonds is 4. The third-order valence-electron chi connectivity index (χ3n) is 8.00. The monoisotopic (exact) mass is 396 g/mol. The van der Waals surface area contributed by atoms with Crippen molar-refractivity contribution in [2.24, 2.45) is 17.8 Å². The summed E-state index contributed by atoms with van der Waals surface area (Å²) in [7, 11) is 0. The second-order valence-electron chi connectivity index (χ2n) is 10.3. The minimum atomic E-state index is -0.291. The van der Waals surface area contributed by atoms with Crippen molar-refractivity contribution in [1.29, 1.82) is 0 Å². The number of fused-ring (bicyclic) bond motifs is 1. The SMILES string of the molecule is C[C@H]([NH2+][C@@H]1CCCc2ccccc21)C(=O)NC(=O)NC12CC3CC(CC(C3)C1)C2. The number of nitrogens with two attached hydrogens (primary N) is 1. The number of quaternary nitrogens is 1. The van der Waals surface area contributed by atoms with E-state index in [1.165, 1.54) is 30.4 Å². The first kappa shape index (κ1) is 19.1. The van der Waals surface area contributed by atoms with Gasteiger partial charge in [-0.2, -0.15) is 0 Å². The molecule has 4 fully saturated rings. The zero-order valence-corrected chi connectivity index (χ0v) is 17.5. The van der Waals surface area contributed by atoms with Gasteiger partial charge in [-0.15, -0.1) is 0 Å². The van der Waals surface area contributed by atoms with Crippen LogP contribution in [0.15, 0.2) is 24.3 Å². The quantitative estimate of drug-likeness (QED) is 0.732. The lowest BCUT2D eigenvalue weighted by Crippen LogP contribution is -2.93. The Morgan fingerprint density at radius 1 is 1.07 bits per heavy atom. The van der Waals surface area contributed by atoms with Crippen LogP contribution < -0.4 is 16.0 Å². The van der Waals surface area contributed by atoms with E-state index in [1.54, 1.807) is 0 Å². The fourth-order valence-corrected chi connectivity index (χ4v) is 7.19. The zero-order valence-electron chi connectivity index (χ0n) is 17.5. The van der Waals surface area contributed by atoms with Crippen LogP contribution in [-0.2, 0) is 11.2 Å². The summed E-state index contributed by atoms with van der Waals surface area (Å²) in [5, 5.41) is 8.02. The van der Waals surface area contributed by atoms with Gasteiger partial charge >= 0.3 is 6.03 Å². The fraction of sp³-hybridized carbons (Fsp3) is 0.667. The van der Waals surface area contributed by atoms with Crippen molar-refractivity contribution in [1.82, 2.24) is 10.6 Å². The maximum absolute atomic E-state index is 12.7. The minimum absolute atomic E-state index is 0.0611. The van der Waals surface area contributed by atoms with Gasteiger partial charge < -0.3 is 10.6 Å². The first-order valence-electron chi connectivity index (χ1n) is 11.6. The summed E-state index contributed by atoms with van der Waals surface area (Å²) in [4.78, 5) is 25.4. The summed E-state index contributed by atoms with van der Waals surface area (Å²) in [6.45, 7) is 1.91. The number of hydrogen-bond acceptors (Lipinski definition) is 2. The van der Waals surface area contributed by atoms with E-state index in [9.17, 15) is 9.59 Å². The van der Waals surface area contributed by atoms with E-state index in [-0.39, 0.29) is 23.5 Å². The van der Waals surface area contributed by atoms with Crippen LogP contribution in [0.5, 0.6) is 0 Å². The fourth-order valence-electron chi connectivity index (χ4n) is 7.19. The van der Waals surface area contributed by atoms with Gasteiger partial charge in [0.2, 0.25) is 0 Å². The molecule has 156 valence electrons. The van der Waals surface area contributed by atoms with Crippen LogP contribution in [0, 0.1) is 17.8 Å². The van der Waals surface area contributed by atoms with Crippen LogP contribution in [0.1, 0.15) is 75.5 Å². The Balaban J connectivity index is 1.17. The van der Waals surface area contributed by atoms with E-state index in [0.717, 1.165) is 56.3 Å². The molecule has 1 aromatic rings. The van der Waals surface area contributed by atoms with E-state index in [4.69, 9.17) is 0 Å². The topological polar surface area (TPSA) is 74.8 Å². The van der Waals surface area contributed by atoms with Crippen LogP contribution in [0.3, 0.4) is 0 Å². The molecule has 4 saturated carbocycles. The van der Waals surface area contributed by atoms with Crippen LogP contribution in [0.4, 0.5) is 4.79 Å². The normalized spacial score (nSPS) is 35.6. The van der Waals surface area contributed by atoms with Gasteiger partial charge in [-0.3, -0.25) is 10.1 Å². The highest BCUT2D eigenvalue weighted by molar-refractivity contribution is 5.96. The molecule has 0 heterocycles. The Morgan fingerprint density at radius 2 is 1.72 bits per heavy atom. The molecular weight excluding hydrogens is 362 g/mol. The number of urea groups is 1. The average molecular weight is 397 g/mol.